The number of hydrogen-bond donors (Lipinski definition) is 0. The van der Waals surface area contributed by atoms with E-state index in [4.69, 9.17) is 0 Å². The number of unbranched alkanes of at least 4 members (excludes halogenated alkanes) is 6. The van der Waals surface area contributed by atoms with E-state index in [-0.39, 0.29) is 0 Å². The molecule has 0 aliphatic heterocycles. The van der Waals surface area contributed by atoms with Crippen LogP contribution in [0.2, 0.25) is 0 Å². The molecule has 24 heavy (non-hydrogen) atoms. The number of rotatable bonds is 16. The third-order valence-corrected chi connectivity index (χ3v) is 4.29. The summed E-state index contributed by atoms with van der Waals surface area (Å²) in [5, 5.41) is 0. The van der Waals surface area contributed by atoms with Crippen molar-refractivity contribution in [3.05, 3.63) is 37.7 Å². The lowest BCUT2D eigenvalue weighted by Crippen LogP contribution is -2.03. The minimum Gasteiger partial charge on any atom is -0.260 e. The van der Waals surface area contributed by atoms with Gasteiger partial charge in [0.2, 0.25) is 0 Å². The minimum absolute atomic E-state index is 0.715. The van der Waals surface area contributed by atoms with E-state index in [2.05, 4.69) is 43.6 Å². The van der Waals surface area contributed by atoms with E-state index < -0.39 is 0 Å². The maximum Gasteiger partial charge on any atom is 0.0806 e. The van der Waals surface area contributed by atoms with E-state index in [0.29, 0.717) is 5.92 Å². The zero-order chi connectivity index (χ0) is 18.0. The van der Waals surface area contributed by atoms with E-state index in [0.717, 1.165) is 17.8 Å². The summed E-state index contributed by atoms with van der Waals surface area (Å²) in [5.74, 6) is 0.715. The highest BCUT2D eigenvalue weighted by molar-refractivity contribution is 6.36. The summed E-state index contributed by atoms with van der Waals surface area (Å²) in [6.07, 6.45) is 19.2. The van der Waals surface area contributed by atoms with E-state index in [9.17, 15) is 0 Å². The lowest BCUT2D eigenvalue weighted by Gasteiger charge is -2.16. The molecule has 0 spiro atoms. The molecule has 0 aromatic heterocycles. The van der Waals surface area contributed by atoms with E-state index in [1.807, 2.05) is 0 Å². The van der Waals surface area contributed by atoms with Gasteiger partial charge in [-0.1, -0.05) is 97.8 Å². The van der Waals surface area contributed by atoms with Crippen LogP contribution in [0.1, 0.15) is 84.5 Å². The minimum atomic E-state index is 0.715. The van der Waals surface area contributed by atoms with Crippen LogP contribution in [0.4, 0.5) is 0 Å². The summed E-state index contributed by atoms with van der Waals surface area (Å²) in [4.78, 5) is 8.58. The molecule has 0 aromatic carbocycles. The van der Waals surface area contributed by atoms with Crippen molar-refractivity contribution in [2.45, 2.75) is 84.5 Å². The van der Waals surface area contributed by atoms with Gasteiger partial charge < -0.3 is 0 Å². The average Bonchev–Trinajstić information content (AvgIpc) is 2.58. The van der Waals surface area contributed by atoms with Crippen LogP contribution in [-0.2, 0) is 0 Å². The van der Waals surface area contributed by atoms with E-state index in [1.165, 1.54) is 70.4 Å². The maximum absolute atomic E-state index is 4.47. The molecule has 0 saturated heterocycles. The van der Waals surface area contributed by atoms with Crippen LogP contribution in [0.25, 0.3) is 0 Å². The van der Waals surface area contributed by atoms with Crippen LogP contribution in [0.15, 0.2) is 47.7 Å². The number of hydrogen-bond acceptors (Lipinski definition) is 2. The summed E-state index contributed by atoms with van der Waals surface area (Å²) in [6.45, 7) is 16.0. The molecule has 2 nitrogen and oxygen atoms in total. The fraction of sp³-hybridized carbons (Fsp3) is 0.636. The lowest BCUT2D eigenvalue weighted by molar-refractivity contribution is 0.402. The zero-order valence-electron chi connectivity index (χ0n) is 16.1. The lowest BCUT2D eigenvalue weighted by atomic mass is 9.91. The monoisotopic (exact) mass is 330 g/mol. The first kappa shape index (κ1) is 22.6. The first-order valence-electron chi connectivity index (χ1n) is 9.70. The highest BCUT2D eigenvalue weighted by Crippen LogP contribution is 2.24. The Morgan fingerprint density at radius 1 is 0.917 bits per heavy atom. The number of aliphatic imine (C=N–C) groups is 2. The molecule has 0 heterocycles. The highest BCUT2D eigenvalue weighted by Gasteiger charge is 2.10. The van der Waals surface area contributed by atoms with Crippen molar-refractivity contribution >= 4 is 11.9 Å². The van der Waals surface area contributed by atoms with Gasteiger partial charge in [-0.3, -0.25) is 9.98 Å². The third kappa shape index (κ3) is 13.0. The molecule has 0 aliphatic carbocycles. The Morgan fingerprint density at radius 2 is 1.50 bits per heavy atom. The maximum atomic E-state index is 4.47. The Bertz CT molecular complexity index is 392. The first-order chi connectivity index (χ1) is 11.7. The van der Waals surface area contributed by atoms with Crippen LogP contribution < -0.4 is 0 Å². The van der Waals surface area contributed by atoms with Crippen LogP contribution in [-0.4, -0.2) is 11.9 Å². The second-order valence-corrected chi connectivity index (χ2v) is 6.53. The molecule has 2 heteroatoms. The predicted molar refractivity (Wildman–Crippen MR) is 111 cm³/mol. The van der Waals surface area contributed by atoms with Crippen molar-refractivity contribution in [1.82, 2.24) is 0 Å². The van der Waals surface area contributed by atoms with Crippen molar-refractivity contribution in [2.24, 2.45) is 15.9 Å². The zero-order valence-corrected chi connectivity index (χ0v) is 16.1. The molecule has 0 aromatic rings. The topological polar surface area (TPSA) is 24.7 Å². The van der Waals surface area contributed by atoms with E-state index >= 15 is 0 Å². The van der Waals surface area contributed by atoms with Crippen LogP contribution in [0.3, 0.4) is 0 Å². The van der Waals surface area contributed by atoms with Gasteiger partial charge >= 0.3 is 0 Å². The summed E-state index contributed by atoms with van der Waals surface area (Å²) in [7, 11) is 0. The van der Waals surface area contributed by atoms with Gasteiger partial charge in [-0.2, -0.15) is 0 Å². The molecule has 0 radical (unpaired) electrons. The predicted octanol–water partition coefficient (Wildman–Crippen LogP) is 7.29. The molecule has 0 bridgehead atoms. The van der Waals surface area contributed by atoms with Crippen molar-refractivity contribution in [1.29, 1.82) is 0 Å². The largest absolute Gasteiger partial charge is 0.260 e. The fourth-order valence-electron chi connectivity index (χ4n) is 2.86. The van der Waals surface area contributed by atoms with Crippen molar-refractivity contribution in [2.75, 3.05) is 0 Å². The van der Waals surface area contributed by atoms with Crippen LogP contribution in [0, 0.1) is 5.92 Å². The van der Waals surface area contributed by atoms with Gasteiger partial charge in [-0.25, -0.2) is 0 Å². The second-order valence-electron chi connectivity index (χ2n) is 6.53. The summed E-state index contributed by atoms with van der Waals surface area (Å²) >= 11 is 0. The third-order valence-electron chi connectivity index (χ3n) is 4.29. The summed E-state index contributed by atoms with van der Waals surface area (Å²) in [6, 6.07) is 0. The first-order valence-corrected chi connectivity index (χ1v) is 9.70. The average molecular weight is 331 g/mol. The molecular formula is C22H38N2. The standard InChI is InChI=1S/C22H38N2/c1-6-10-12-14-16-21(17-15-13-11-7-2)18-20(5)24-19-22(8-3)23-9-4/h8-9,19,21H,3-7,10-18H2,1-2H3/b23-22-,24-19-. The molecule has 0 atom stereocenters. The van der Waals surface area contributed by atoms with Crippen LogP contribution >= 0.6 is 0 Å². The van der Waals surface area contributed by atoms with Crippen LogP contribution in [0.5, 0.6) is 0 Å². The van der Waals surface area contributed by atoms with Gasteiger partial charge in [-0.15, -0.1) is 0 Å². The molecule has 0 unspecified atom stereocenters. The van der Waals surface area contributed by atoms with Gasteiger partial charge in [0.15, 0.2) is 0 Å². The summed E-state index contributed by atoms with van der Waals surface area (Å²) < 4.78 is 0. The molecule has 0 aliphatic rings. The molecule has 0 rings (SSSR count). The number of allylic oxidation sites excluding steroid dienone is 2. The number of nitrogens with zero attached hydrogens (tertiary/aromatic N) is 2. The fourth-order valence-corrected chi connectivity index (χ4v) is 2.86. The molecule has 0 N–H and O–H groups in total. The Labute approximate surface area is 150 Å². The molecule has 136 valence electrons. The van der Waals surface area contributed by atoms with Gasteiger partial charge in [0.05, 0.1) is 11.9 Å². The van der Waals surface area contributed by atoms with Gasteiger partial charge in [0.1, 0.15) is 0 Å². The van der Waals surface area contributed by atoms with E-state index in [1.54, 1.807) is 12.3 Å². The van der Waals surface area contributed by atoms with Gasteiger partial charge in [0, 0.05) is 11.9 Å². The van der Waals surface area contributed by atoms with Gasteiger partial charge in [0.25, 0.3) is 0 Å². The Morgan fingerprint density at radius 3 is 1.96 bits per heavy atom. The Hall–Kier alpha value is -1.44. The Balaban J connectivity index is 4.44. The van der Waals surface area contributed by atoms with Gasteiger partial charge in [-0.05, 0) is 18.4 Å². The second kappa shape index (κ2) is 16.4. The summed E-state index contributed by atoms with van der Waals surface area (Å²) in [5.41, 5.74) is 1.68. The molecular weight excluding hydrogens is 292 g/mol. The normalized spacial score (nSPS) is 12.0. The molecule has 0 amide bonds. The van der Waals surface area contributed by atoms with Crippen molar-refractivity contribution in [3.8, 4) is 0 Å². The smallest absolute Gasteiger partial charge is 0.0806 e. The molecule has 0 saturated carbocycles. The quantitative estimate of drug-likeness (QED) is 0.210. The highest BCUT2D eigenvalue weighted by atomic mass is 14.8. The van der Waals surface area contributed by atoms with Crippen molar-refractivity contribution in [3.63, 3.8) is 0 Å². The Kier molecular flexibility index (Phi) is 15.4. The SMILES string of the molecule is C=C/N=C(C=C)\C=N/C(=C)CC(CCCCCC)CCCCCC. The van der Waals surface area contributed by atoms with Crippen molar-refractivity contribution < 1.29 is 0 Å². The molecule has 0 fully saturated rings.